The molecule has 3 unspecified atom stereocenters. The number of methoxy groups -OCH3 is 2. The molecule has 1 aromatic carbocycles. The number of aryl methyl sites for hydroxylation is 2. The van der Waals surface area contributed by atoms with Gasteiger partial charge in [0.1, 0.15) is 29.4 Å². The van der Waals surface area contributed by atoms with E-state index in [9.17, 15) is 10.2 Å². The first-order valence-corrected chi connectivity index (χ1v) is 13.4. The molecule has 0 saturated heterocycles. The summed E-state index contributed by atoms with van der Waals surface area (Å²) >= 11 is 1.32. The van der Waals surface area contributed by atoms with Crippen molar-refractivity contribution in [2.24, 2.45) is 0 Å². The summed E-state index contributed by atoms with van der Waals surface area (Å²) in [7, 11) is 3.18. The van der Waals surface area contributed by atoms with Gasteiger partial charge in [0.25, 0.3) is 0 Å². The van der Waals surface area contributed by atoms with Crippen LogP contribution in [0.1, 0.15) is 30.0 Å². The molecule has 3 atom stereocenters. The number of aliphatic hydroxyl groups is 2. The van der Waals surface area contributed by atoms with Crippen LogP contribution in [-0.2, 0) is 4.74 Å². The Hall–Kier alpha value is -3.78. The van der Waals surface area contributed by atoms with Crippen molar-refractivity contribution in [3.05, 3.63) is 66.0 Å². The quantitative estimate of drug-likeness (QED) is 0.203. The van der Waals surface area contributed by atoms with Gasteiger partial charge in [0.2, 0.25) is 5.95 Å². The molecule has 13 heteroatoms. The van der Waals surface area contributed by atoms with E-state index >= 15 is 0 Å². The highest BCUT2D eigenvalue weighted by Gasteiger charge is 2.27. The third-order valence-electron chi connectivity index (χ3n) is 5.92. The molecule has 12 nitrogen and oxygen atoms in total. The fraction of sp³-hybridized carbons (Fsp3) is 0.370. The SMILES string of the molecule is COc1cccc(OC)c1-n1c(NSC(C)C(OCC(O)CO)c2ncc(C)cn2)nnc1-c1cncc(C)c1. The number of nitrogens with zero attached hydrogens (tertiary/aromatic N) is 6. The van der Waals surface area contributed by atoms with Gasteiger partial charge in [0.05, 0.1) is 32.7 Å². The summed E-state index contributed by atoms with van der Waals surface area (Å²) in [5.41, 5.74) is 3.26. The predicted molar refractivity (Wildman–Crippen MR) is 152 cm³/mol. The number of hydrogen-bond donors (Lipinski definition) is 3. The number of nitrogens with one attached hydrogen (secondary N) is 1. The van der Waals surface area contributed by atoms with Crippen molar-refractivity contribution in [3.63, 3.8) is 0 Å². The van der Waals surface area contributed by atoms with Gasteiger partial charge in [-0.3, -0.25) is 14.3 Å². The summed E-state index contributed by atoms with van der Waals surface area (Å²) in [5.74, 6) is 2.53. The number of aliphatic hydroxyl groups excluding tert-OH is 2. The molecule has 3 N–H and O–H groups in total. The molecule has 40 heavy (non-hydrogen) atoms. The highest BCUT2D eigenvalue weighted by molar-refractivity contribution is 8.01. The number of aromatic nitrogens is 6. The maximum Gasteiger partial charge on any atom is 0.239 e. The number of anilines is 1. The first-order valence-electron chi connectivity index (χ1n) is 12.6. The zero-order valence-corrected chi connectivity index (χ0v) is 23.8. The van der Waals surface area contributed by atoms with E-state index in [0.29, 0.717) is 34.8 Å². The monoisotopic (exact) mass is 567 g/mol. The van der Waals surface area contributed by atoms with Crippen molar-refractivity contribution in [2.45, 2.75) is 38.2 Å². The highest BCUT2D eigenvalue weighted by atomic mass is 32.2. The normalized spacial score (nSPS) is 13.5. The van der Waals surface area contributed by atoms with Gasteiger partial charge in [-0.15, -0.1) is 10.2 Å². The summed E-state index contributed by atoms with van der Waals surface area (Å²) < 4.78 is 22.5. The van der Waals surface area contributed by atoms with E-state index in [2.05, 4.69) is 29.9 Å². The second-order valence-electron chi connectivity index (χ2n) is 9.08. The predicted octanol–water partition coefficient (Wildman–Crippen LogP) is 3.31. The maximum absolute atomic E-state index is 9.89. The zero-order chi connectivity index (χ0) is 28.6. The molecular formula is C27H33N7O5S. The van der Waals surface area contributed by atoms with E-state index in [-0.39, 0.29) is 11.9 Å². The minimum Gasteiger partial charge on any atom is -0.494 e. The minimum absolute atomic E-state index is 0.0809. The van der Waals surface area contributed by atoms with Crippen LogP contribution in [0.4, 0.5) is 5.95 Å². The molecule has 0 fully saturated rings. The second-order valence-corrected chi connectivity index (χ2v) is 10.3. The van der Waals surface area contributed by atoms with E-state index in [1.165, 1.54) is 11.9 Å². The average molecular weight is 568 g/mol. The Labute approximate surface area is 236 Å². The number of benzene rings is 1. The van der Waals surface area contributed by atoms with Gasteiger partial charge in [0, 0.05) is 30.4 Å². The molecule has 3 aromatic heterocycles. The van der Waals surface area contributed by atoms with Crippen molar-refractivity contribution in [2.75, 3.05) is 32.2 Å². The molecule has 0 aliphatic carbocycles. The molecule has 0 aliphatic heterocycles. The maximum atomic E-state index is 9.89. The van der Waals surface area contributed by atoms with E-state index in [4.69, 9.17) is 14.2 Å². The topological polar surface area (TPSA) is 150 Å². The van der Waals surface area contributed by atoms with Crippen LogP contribution in [0.25, 0.3) is 17.1 Å². The Kier molecular flexibility index (Phi) is 9.88. The lowest BCUT2D eigenvalue weighted by atomic mass is 10.2. The van der Waals surface area contributed by atoms with Gasteiger partial charge >= 0.3 is 0 Å². The first kappa shape index (κ1) is 29.2. The van der Waals surface area contributed by atoms with Crippen LogP contribution < -0.4 is 14.2 Å². The second kappa shape index (κ2) is 13.5. The molecule has 212 valence electrons. The molecular weight excluding hydrogens is 534 g/mol. The van der Waals surface area contributed by atoms with E-state index in [1.807, 2.05) is 49.6 Å². The Morgan fingerprint density at radius 2 is 1.70 bits per heavy atom. The Morgan fingerprint density at radius 3 is 2.33 bits per heavy atom. The Balaban J connectivity index is 1.71. The first-order chi connectivity index (χ1) is 19.4. The number of ether oxygens (including phenoxy) is 3. The smallest absolute Gasteiger partial charge is 0.239 e. The van der Waals surface area contributed by atoms with Crippen LogP contribution in [0, 0.1) is 13.8 Å². The average Bonchev–Trinajstić information content (AvgIpc) is 3.39. The number of pyridine rings is 1. The lowest BCUT2D eigenvalue weighted by Gasteiger charge is -2.24. The lowest BCUT2D eigenvalue weighted by Crippen LogP contribution is -2.26. The summed E-state index contributed by atoms with van der Waals surface area (Å²) in [5, 5.41) is 27.8. The molecule has 0 radical (unpaired) electrons. The summed E-state index contributed by atoms with van der Waals surface area (Å²) in [4.78, 5) is 13.2. The van der Waals surface area contributed by atoms with Crippen molar-refractivity contribution < 1.29 is 24.4 Å². The van der Waals surface area contributed by atoms with Crippen molar-refractivity contribution in [3.8, 4) is 28.6 Å². The molecule has 4 rings (SSSR count). The molecule has 0 saturated carbocycles. The molecule has 0 spiro atoms. The summed E-state index contributed by atoms with van der Waals surface area (Å²) in [6.45, 7) is 5.30. The van der Waals surface area contributed by atoms with Crippen LogP contribution in [0.5, 0.6) is 11.5 Å². The van der Waals surface area contributed by atoms with Crippen LogP contribution in [0.3, 0.4) is 0 Å². The van der Waals surface area contributed by atoms with Gasteiger partial charge in [-0.1, -0.05) is 6.07 Å². The van der Waals surface area contributed by atoms with Gasteiger partial charge in [-0.2, -0.15) is 0 Å². The molecule has 0 aliphatic rings. The number of para-hydroxylation sites is 1. The van der Waals surface area contributed by atoms with E-state index in [1.54, 1.807) is 39.0 Å². The highest BCUT2D eigenvalue weighted by Crippen LogP contribution is 2.38. The third kappa shape index (κ3) is 6.67. The largest absolute Gasteiger partial charge is 0.494 e. The van der Waals surface area contributed by atoms with Gasteiger partial charge in [0.15, 0.2) is 11.6 Å². The van der Waals surface area contributed by atoms with Crippen molar-refractivity contribution >= 4 is 17.9 Å². The fourth-order valence-corrected chi connectivity index (χ4v) is 4.67. The Bertz CT molecular complexity index is 1380. The number of hydrogen-bond acceptors (Lipinski definition) is 12. The van der Waals surface area contributed by atoms with Crippen molar-refractivity contribution in [1.29, 1.82) is 0 Å². The van der Waals surface area contributed by atoms with Gasteiger partial charge in [-0.25, -0.2) is 9.97 Å². The van der Waals surface area contributed by atoms with Crippen LogP contribution >= 0.6 is 11.9 Å². The summed E-state index contributed by atoms with van der Waals surface area (Å²) in [6, 6.07) is 7.48. The van der Waals surface area contributed by atoms with Crippen LogP contribution in [0.15, 0.2) is 49.1 Å². The van der Waals surface area contributed by atoms with Crippen LogP contribution in [0.2, 0.25) is 0 Å². The number of rotatable bonds is 13. The van der Waals surface area contributed by atoms with Crippen LogP contribution in [-0.4, -0.2) is 78.7 Å². The lowest BCUT2D eigenvalue weighted by molar-refractivity contribution is -0.0316. The fourth-order valence-electron chi connectivity index (χ4n) is 3.92. The molecule has 3 heterocycles. The standard InChI is InChI=1S/C27H33N7O5S/c1-16-9-19(13-28-10-16)26-31-32-27(34(26)23-21(37-4)7-6-8-22(23)38-5)33-40-18(3)24(39-15-20(36)14-35)25-29-11-17(2)12-30-25/h6-13,18,20,24,35-36H,14-15H2,1-5H3,(H,32,33). The van der Waals surface area contributed by atoms with E-state index < -0.39 is 18.8 Å². The third-order valence-corrected chi connectivity index (χ3v) is 6.84. The zero-order valence-electron chi connectivity index (χ0n) is 23.0. The van der Waals surface area contributed by atoms with Gasteiger partial charge in [-0.05, 0) is 62.0 Å². The molecule has 0 amide bonds. The minimum atomic E-state index is -1.02. The van der Waals surface area contributed by atoms with Gasteiger partial charge < -0.3 is 24.4 Å². The van der Waals surface area contributed by atoms with Crippen molar-refractivity contribution in [1.82, 2.24) is 29.7 Å². The van der Waals surface area contributed by atoms with E-state index in [0.717, 1.165) is 16.7 Å². The molecule has 4 aromatic rings. The summed E-state index contributed by atoms with van der Waals surface area (Å²) in [6.07, 6.45) is 5.28. The molecule has 0 bridgehead atoms. The Morgan fingerprint density at radius 1 is 1.00 bits per heavy atom.